The summed E-state index contributed by atoms with van der Waals surface area (Å²) >= 11 is 4.89. The van der Waals surface area contributed by atoms with E-state index in [9.17, 15) is 15.3 Å². The number of hydrogen-bond acceptors (Lipinski definition) is 5. The van der Waals surface area contributed by atoms with Crippen molar-refractivity contribution in [2.24, 2.45) is 0 Å². The predicted octanol–water partition coefficient (Wildman–Crippen LogP) is 7.54. The van der Waals surface area contributed by atoms with Gasteiger partial charge in [0.15, 0.2) is 0 Å². The number of rotatable bonds is 6. The van der Waals surface area contributed by atoms with Gasteiger partial charge in [-0.1, -0.05) is 58.4 Å². The molecule has 5 rings (SSSR count). The molecule has 1 heterocycles. The first-order chi connectivity index (χ1) is 18.1. The zero-order valence-corrected chi connectivity index (χ0v) is 22.3. The Labute approximate surface area is 227 Å². The monoisotopic (exact) mass is 567 g/mol. The number of hydrogen-bond donors (Lipinski definition) is 1. The van der Waals surface area contributed by atoms with Crippen molar-refractivity contribution >= 4 is 55.0 Å². The molecule has 1 amide bonds. The molecule has 37 heavy (non-hydrogen) atoms. The number of anilines is 1. The van der Waals surface area contributed by atoms with E-state index in [1.54, 1.807) is 6.08 Å². The molecule has 0 spiro atoms. The van der Waals surface area contributed by atoms with E-state index < -0.39 is 5.91 Å². The summed E-state index contributed by atoms with van der Waals surface area (Å²) in [6, 6.07) is 23.8. The summed E-state index contributed by atoms with van der Waals surface area (Å²) in [4.78, 5) is 14.4. The quantitative estimate of drug-likeness (QED) is 0.192. The highest BCUT2D eigenvalue weighted by atomic mass is 79.9. The van der Waals surface area contributed by atoms with Crippen LogP contribution in [0.4, 0.5) is 5.00 Å². The highest BCUT2D eigenvalue weighted by molar-refractivity contribution is 9.10. The first kappa shape index (κ1) is 24.8. The number of carbonyl (C=O) groups is 1. The van der Waals surface area contributed by atoms with E-state index in [-0.39, 0.29) is 5.57 Å². The maximum atomic E-state index is 13.2. The van der Waals surface area contributed by atoms with Crippen LogP contribution in [0.3, 0.4) is 0 Å². The lowest BCUT2D eigenvalue weighted by molar-refractivity contribution is -0.112. The lowest BCUT2D eigenvalue weighted by Gasteiger charge is -2.13. The SMILES string of the molecule is N#CC(=Cc1c(OCc2ccc(Br)cc2)ccc2ccccc12)C(=O)Nc1sc2c(c1C#N)CCCC2. The highest BCUT2D eigenvalue weighted by Crippen LogP contribution is 2.38. The summed E-state index contributed by atoms with van der Waals surface area (Å²) in [5.41, 5.74) is 3.16. The zero-order chi connectivity index (χ0) is 25.8. The third kappa shape index (κ3) is 5.29. The first-order valence-corrected chi connectivity index (χ1v) is 13.5. The fourth-order valence-corrected chi connectivity index (χ4v) is 6.03. The molecule has 1 aliphatic rings. The minimum atomic E-state index is -0.538. The van der Waals surface area contributed by atoms with Gasteiger partial charge in [-0.05, 0) is 71.9 Å². The maximum absolute atomic E-state index is 13.2. The molecule has 0 bridgehead atoms. The molecule has 5 nitrogen and oxygen atoms in total. The second kappa shape index (κ2) is 11.0. The molecule has 1 aromatic heterocycles. The van der Waals surface area contributed by atoms with Crippen LogP contribution in [0.15, 0.2) is 70.7 Å². The first-order valence-electron chi connectivity index (χ1n) is 11.9. The Morgan fingerprint density at radius 1 is 1.05 bits per heavy atom. The Bertz CT molecular complexity index is 1610. The largest absolute Gasteiger partial charge is 0.488 e. The van der Waals surface area contributed by atoms with Gasteiger partial charge in [-0.3, -0.25) is 4.79 Å². The minimum Gasteiger partial charge on any atom is -0.488 e. The number of nitrogens with zero attached hydrogens (tertiary/aromatic N) is 2. The third-order valence-electron chi connectivity index (χ3n) is 6.40. The Hall–Kier alpha value is -3.91. The number of amides is 1. The molecule has 0 unspecified atom stereocenters. The number of benzene rings is 3. The van der Waals surface area contributed by atoms with Crippen LogP contribution in [0.5, 0.6) is 5.75 Å². The second-order valence-corrected chi connectivity index (χ2v) is 10.8. The van der Waals surface area contributed by atoms with Gasteiger partial charge in [-0.2, -0.15) is 10.5 Å². The van der Waals surface area contributed by atoms with Crippen molar-refractivity contribution in [3.8, 4) is 17.9 Å². The fourth-order valence-electron chi connectivity index (χ4n) is 4.53. The summed E-state index contributed by atoms with van der Waals surface area (Å²) in [5, 5.41) is 24.9. The Kier molecular flexibility index (Phi) is 7.37. The molecule has 4 aromatic rings. The summed E-state index contributed by atoms with van der Waals surface area (Å²) in [5.74, 6) is 0.0378. The second-order valence-electron chi connectivity index (χ2n) is 8.76. The maximum Gasteiger partial charge on any atom is 0.266 e. The van der Waals surface area contributed by atoms with Crippen molar-refractivity contribution in [1.82, 2.24) is 0 Å². The molecular formula is C30H22BrN3O2S. The lowest BCUT2D eigenvalue weighted by Crippen LogP contribution is -2.13. The number of halogens is 1. The van der Waals surface area contributed by atoms with Crippen LogP contribution >= 0.6 is 27.3 Å². The molecule has 0 saturated heterocycles. The van der Waals surface area contributed by atoms with Gasteiger partial charge in [-0.15, -0.1) is 11.3 Å². The Morgan fingerprint density at radius 2 is 1.84 bits per heavy atom. The van der Waals surface area contributed by atoms with Crippen molar-refractivity contribution < 1.29 is 9.53 Å². The van der Waals surface area contributed by atoms with Crippen LogP contribution in [0, 0.1) is 22.7 Å². The van der Waals surface area contributed by atoms with Crippen LogP contribution in [0.2, 0.25) is 0 Å². The molecule has 7 heteroatoms. The van der Waals surface area contributed by atoms with Crippen LogP contribution in [0.25, 0.3) is 16.8 Å². The molecule has 1 aliphatic carbocycles. The van der Waals surface area contributed by atoms with E-state index >= 15 is 0 Å². The Balaban J connectivity index is 1.49. The van der Waals surface area contributed by atoms with Crippen molar-refractivity contribution in [1.29, 1.82) is 10.5 Å². The van der Waals surface area contributed by atoms with E-state index in [4.69, 9.17) is 4.74 Å². The normalized spacial score (nSPS) is 12.9. The summed E-state index contributed by atoms with van der Waals surface area (Å²) < 4.78 is 7.15. The van der Waals surface area contributed by atoms with Crippen LogP contribution in [-0.2, 0) is 24.2 Å². The third-order valence-corrected chi connectivity index (χ3v) is 8.14. The van der Waals surface area contributed by atoms with Gasteiger partial charge in [-0.25, -0.2) is 0 Å². The molecule has 0 atom stereocenters. The molecule has 182 valence electrons. The van der Waals surface area contributed by atoms with Crippen molar-refractivity contribution in [2.75, 3.05) is 5.32 Å². The van der Waals surface area contributed by atoms with E-state index in [2.05, 4.69) is 33.4 Å². The molecule has 0 radical (unpaired) electrons. The predicted molar refractivity (Wildman–Crippen MR) is 150 cm³/mol. The topological polar surface area (TPSA) is 85.9 Å². The lowest BCUT2D eigenvalue weighted by atomic mass is 9.96. The van der Waals surface area contributed by atoms with Crippen molar-refractivity contribution in [3.63, 3.8) is 0 Å². The molecule has 0 saturated carbocycles. The average Bonchev–Trinajstić information content (AvgIpc) is 3.28. The van der Waals surface area contributed by atoms with Gasteiger partial charge < -0.3 is 10.1 Å². The highest BCUT2D eigenvalue weighted by Gasteiger charge is 2.23. The summed E-state index contributed by atoms with van der Waals surface area (Å²) in [7, 11) is 0. The molecule has 1 N–H and O–H groups in total. The zero-order valence-electron chi connectivity index (χ0n) is 19.9. The van der Waals surface area contributed by atoms with Crippen molar-refractivity contribution in [3.05, 3.63) is 97.8 Å². The van der Waals surface area contributed by atoms with E-state index in [0.717, 1.165) is 56.9 Å². The van der Waals surface area contributed by atoms with Gasteiger partial charge in [0, 0.05) is 14.9 Å². The number of nitriles is 2. The fraction of sp³-hybridized carbons (Fsp3) is 0.167. The van der Waals surface area contributed by atoms with Gasteiger partial charge in [0.1, 0.15) is 35.1 Å². The Morgan fingerprint density at radius 3 is 2.62 bits per heavy atom. The van der Waals surface area contributed by atoms with Crippen LogP contribution < -0.4 is 10.1 Å². The van der Waals surface area contributed by atoms with Crippen molar-refractivity contribution in [2.45, 2.75) is 32.3 Å². The standard InChI is InChI=1S/C30H22BrN3O2S/c31-22-12-9-19(10-13-22)18-36-27-14-11-20-5-1-2-6-23(20)25(27)15-21(16-32)29(35)34-30-26(17-33)24-7-3-4-8-28(24)37-30/h1-2,5-6,9-15H,3-4,7-8,18H2,(H,34,35). The summed E-state index contributed by atoms with van der Waals surface area (Å²) in [6.07, 6.45) is 5.47. The van der Waals surface area contributed by atoms with E-state index in [1.165, 1.54) is 11.3 Å². The molecule has 0 aliphatic heterocycles. The average molecular weight is 568 g/mol. The summed E-state index contributed by atoms with van der Waals surface area (Å²) in [6.45, 7) is 0.340. The number of thiophene rings is 1. The minimum absolute atomic E-state index is 0.0555. The van der Waals surface area contributed by atoms with Gasteiger partial charge in [0.25, 0.3) is 5.91 Å². The smallest absolute Gasteiger partial charge is 0.266 e. The van der Waals surface area contributed by atoms with Crippen LogP contribution in [0.1, 0.15) is 40.0 Å². The molecular weight excluding hydrogens is 546 g/mol. The number of aryl methyl sites for hydroxylation is 1. The molecule has 3 aromatic carbocycles. The van der Waals surface area contributed by atoms with Crippen LogP contribution in [-0.4, -0.2) is 5.91 Å². The van der Waals surface area contributed by atoms with Gasteiger partial charge >= 0.3 is 0 Å². The number of ether oxygens (including phenoxy) is 1. The molecule has 0 fully saturated rings. The number of fused-ring (bicyclic) bond motifs is 2. The number of nitrogens with one attached hydrogen (secondary N) is 1. The van der Waals surface area contributed by atoms with Gasteiger partial charge in [0.2, 0.25) is 0 Å². The number of carbonyl (C=O) groups excluding carboxylic acids is 1. The van der Waals surface area contributed by atoms with E-state index in [1.807, 2.05) is 60.7 Å². The van der Waals surface area contributed by atoms with E-state index in [0.29, 0.717) is 28.5 Å². The van der Waals surface area contributed by atoms with Gasteiger partial charge in [0.05, 0.1) is 5.56 Å².